The van der Waals surface area contributed by atoms with Crippen molar-refractivity contribution in [3.63, 3.8) is 0 Å². The number of benzene rings is 2. The summed E-state index contributed by atoms with van der Waals surface area (Å²) in [6, 6.07) is 14.0. The Bertz CT molecular complexity index is 955. The van der Waals surface area contributed by atoms with Gasteiger partial charge in [0.1, 0.15) is 0 Å². The summed E-state index contributed by atoms with van der Waals surface area (Å²) in [6.07, 6.45) is 3.27. The summed E-state index contributed by atoms with van der Waals surface area (Å²) in [5.74, 6) is 3.24. The summed E-state index contributed by atoms with van der Waals surface area (Å²) in [6.45, 7) is 4.22. The van der Waals surface area contributed by atoms with Gasteiger partial charge in [-0.3, -0.25) is 0 Å². The van der Waals surface area contributed by atoms with Crippen molar-refractivity contribution in [3.8, 4) is 34.8 Å². The number of nitrogens with two attached hydrogens (primary N) is 1. The molecule has 3 unspecified atom stereocenters. The van der Waals surface area contributed by atoms with Gasteiger partial charge in [-0.25, -0.2) is 0 Å². The fourth-order valence-corrected chi connectivity index (χ4v) is 4.65. The van der Waals surface area contributed by atoms with Gasteiger partial charge in [-0.1, -0.05) is 32.4 Å². The number of para-hydroxylation sites is 2. The molecule has 0 amide bonds. The molecule has 0 aromatic heterocycles. The normalized spacial score (nSPS) is 16.3. The van der Waals surface area contributed by atoms with Gasteiger partial charge in [0.05, 0.1) is 32.8 Å². The molecule has 1 aliphatic heterocycles. The van der Waals surface area contributed by atoms with E-state index in [1.807, 2.05) is 36.4 Å². The standard InChI is InChI=1S/C27H36N2O5/c1-6-18(2)27(17-28,19-14-23(30-3)26(32-5)24(15-19)31-4)13-9-10-20(29)16-25-33-21-11-7-8-12-22(21)34-25/h7-8,11-12,14-15,18,20,25H,6,9-10,13,16,29H2,1-5H3. The molecular weight excluding hydrogens is 432 g/mol. The maximum atomic E-state index is 10.4. The molecule has 2 aromatic rings. The van der Waals surface area contributed by atoms with Gasteiger partial charge in [0, 0.05) is 12.5 Å². The lowest BCUT2D eigenvalue weighted by molar-refractivity contribution is 0.0349. The van der Waals surface area contributed by atoms with Crippen molar-refractivity contribution >= 4 is 0 Å². The van der Waals surface area contributed by atoms with Crippen molar-refractivity contribution < 1.29 is 23.7 Å². The first kappa shape index (κ1) is 25.5. The molecule has 0 radical (unpaired) electrons. The first-order chi connectivity index (χ1) is 16.4. The van der Waals surface area contributed by atoms with E-state index in [9.17, 15) is 5.26 Å². The third kappa shape index (κ3) is 5.18. The molecular formula is C27H36N2O5. The molecule has 1 heterocycles. The number of hydrogen-bond acceptors (Lipinski definition) is 7. The van der Waals surface area contributed by atoms with Crippen LogP contribution < -0.4 is 29.4 Å². The SMILES string of the molecule is CCC(C)C(C#N)(CCCC(N)CC1Oc2ccccc2O1)c1cc(OC)c(OC)c(OC)c1. The van der Waals surface area contributed by atoms with Crippen LogP contribution in [-0.4, -0.2) is 33.7 Å². The van der Waals surface area contributed by atoms with Gasteiger partial charge < -0.3 is 29.4 Å². The number of methoxy groups -OCH3 is 3. The van der Waals surface area contributed by atoms with Crippen LogP contribution in [0.3, 0.4) is 0 Å². The zero-order valence-corrected chi connectivity index (χ0v) is 20.8. The van der Waals surface area contributed by atoms with E-state index in [0.29, 0.717) is 30.1 Å². The van der Waals surface area contributed by atoms with E-state index < -0.39 is 5.41 Å². The minimum Gasteiger partial charge on any atom is -0.493 e. The quantitative estimate of drug-likeness (QED) is 0.457. The number of hydrogen-bond donors (Lipinski definition) is 1. The van der Waals surface area contributed by atoms with Crippen LogP contribution in [0.1, 0.15) is 51.5 Å². The predicted molar refractivity (Wildman–Crippen MR) is 131 cm³/mol. The van der Waals surface area contributed by atoms with Gasteiger partial charge in [-0.15, -0.1) is 0 Å². The summed E-state index contributed by atoms with van der Waals surface area (Å²) in [5.41, 5.74) is 6.59. The van der Waals surface area contributed by atoms with Crippen molar-refractivity contribution in [2.45, 2.75) is 63.7 Å². The molecule has 7 heteroatoms. The topological polar surface area (TPSA) is 96.0 Å². The molecule has 0 saturated heterocycles. The smallest absolute Gasteiger partial charge is 0.243 e. The highest BCUT2D eigenvalue weighted by Crippen LogP contribution is 2.46. The van der Waals surface area contributed by atoms with Crippen molar-refractivity contribution in [1.29, 1.82) is 5.26 Å². The molecule has 34 heavy (non-hydrogen) atoms. The van der Waals surface area contributed by atoms with Crippen molar-refractivity contribution in [2.75, 3.05) is 21.3 Å². The highest BCUT2D eigenvalue weighted by molar-refractivity contribution is 5.56. The van der Waals surface area contributed by atoms with E-state index in [1.165, 1.54) is 0 Å². The van der Waals surface area contributed by atoms with E-state index in [0.717, 1.165) is 36.3 Å². The van der Waals surface area contributed by atoms with Gasteiger partial charge >= 0.3 is 0 Å². The number of nitrogens with zero attached hydrogens (tertiary/aromatic N) is 1. The number of nitriles is 1. The van der Waals surface area contributed by atoms with E-state index in [2.05, 4.69) is 19.9 Å². The maximum Gasteiger partial charge on any atom is 0.243 e. The third-order valence-electron chi connectivity index (χ3n) is 6.84. The highest BCUT2D eigenvalue weighted by atomic mass is 16.7. The summed E-state index contributed by atoms with van der Waals surface area (Å²) in [5, 5.41) is 10.4. The molecule has 2 N–H and O–H groups in total. The van der Waals surface area contributed by atoms with E-state index in [1.54, 1.807) is 21.3 Å². The summed E-state index contributed by atoms with van der Waals surface area (Å²) < 4.78 is 28.3. The number of fused-ring (bicyclic) bond motifs is 1. The second-order valence-corrected chi connectivity index (χ2v) is 8.81. The molecule has 7 nitrogen and oxygen atoms in total. The molecule has 0 spiro atoms. The molecule has 2 aromatic carbocycles. The Balaban J connectivity index is 1.73. The Kier molecular flexibility index (Phi) is 8.51. The van der Waals surface area contributed by atoms with Crippen LogP contribution in [0, 0.1) is 17.2 Å². The van der Waals surface area contributed by atoms with Crippen LogP contribution in [0.5, 0.6) is 28.7 Å². The summed E-state index contributed by atoms with van der Waals surface area (Å²) in [4.78, 5) is 0. The third-order valence-corrected chi connectivity index (χ3v) is 6.84. The zero-order chi connectivity index (χ0) is 24.7. The molecule has 0 fully saturated rings. The molecule has 0 saturated carbocycles. The average molecular weight is 469 g/mol. The fraction of sp³-hybridized carbons (Fsp3) is 0.519. The van der Waals surface area contributed by atoms with Crippen LogP contribution >= 0.6 is 0 Å². The Hall–Kier alpha value is -3.11. The predicted octanol–water partition coefficient (Wildman–Crippen LogP) is 5.21. The van der Waals surface area contributed by atoms with Crippen molar-refractivity contribution in [1.82, 2.24) is 0 Å². The van der Waals surface area contributed by atoms with E-state index in [-0.39, 0.29) is 18.2 Å². The summed E-state index contributed by atoms with van der Waals surface area (Å²) >= 11 is 0. The van der Waals surface area contributed by atoms with E-state index in [4.69, 9.17) is 29.4 Å². The lowest BCUT2D eigenvalue weighted by atomic mass is 9.67. The average Bonchev–Trinajstić information content (AvgIpc) is 3.27. The molecule has 0 bridgehead atoms. The molecule has 3 rings (SSSR count). The van der Waals surface area contributed by atoms with Crippen LogP contribution in [0.2, 0.25) is 0 Å². The van der Waals surface area contributed by atoms with Gasteiger partial charge in [-0.05, 0) is 55.0 Å². The Morgan fingerprint density at radius 3 is 2.12 bits per heavy atom. The van der Waals surface area contributed by atoms with Gasteiger partial charge in [0.2, 0.25) is 12.0 Å². The largest absolute Gasteiger partial charge is 0.493 e. The van der Waals surface area contributed by atoms with Gasteiger partial charge in [-0.2, -0.15) is 5.26 Å². The fourth-order valence-electron chi connectivity index (χ4n) is 4.65. The zero-order valence-electron chi connectivity index (χ0n) is 20.8. The van der Waals surface area contributed by atoms with Crippen LogP contribution in [0.25, 0.3) is 0 Å². The molecule has 1 aliphatic rings. The number of ether oxygens (including phenoxy) is 5. The lowest BCUT2D eigenvalue weighted by Gasteiger charge is -2.34. The van der Waals surface area contributed by atoms with Crippen LogP contribution in [0.4, 0.5) is 0 Å². The first-order valence-electron chi connectivity index (χ1n) is 11.8. The number of rotatable bonds is 12. The van der Waals surface area contributed by atoms with Crippen molar-refractivity contribution in [2.24, 2.45) is 11.7 Å². The Morgan fingerprint density at radius 1 is 1.06 bits per heavy atom. The lowest BCUT2D eigenvalue weighted by Crippen LogP contribution is -2.34. The summed E-state index contributed by atoms with van der Waals surface area (Å²) in [7, 11) is 4.75. The molecule has 0 aliphatic carbocycles. The minimum absolute atomic E-state index is 0.104. The Morgan fingerprint density at radius 2 is 1.65 bits per heavy atom. The van der Waals surface area contributed by atoms with Crippen molar-refractivity contribution in [3.05, 3.63) is 42.0 Å². The maximum absolute atomic E-state index is 10.4. The van der Waals surface area contributed by atoms with Crippen LogP contribution in [0.15, 0.2) is 36.4 Å². The van der Waals surface area contributed by atoms with Gasteiger partial charge in [0.15, 0.2) is 23.0 Å². The highest BCUT2D eigenvalue weighted by Gasteiger charge is 2.39. The second kappa shape index (κ2) is 11.3. The van der Waals surface area contributed by atoms with E-state index >= 15 is 0 Å². The monoisotopic (exact) mass is 468 g/mol. The Labute approximate surface area is 202 Å². The first-order valence-corrected chi connectivity index (χ1v) is 11.8. The van der Waals surface area contributed by atoms with Gasteiger partial charge in [0.25, 0.3) is 0 Å². The molecule has 3 atom stereocenters. The minimum atomic E-state index is -0.710. The van der Waals surface area contributed by atoms with Crippen LogP contribution in [-0.2, 0) is 5.41 Å². The molecule has 184 valence electrons. The second-order valence-electron chi connectivity index (χ2n) is 8.81.